The smallest absolute Gasteiger partial charge is 0.0780 e. The summed E-state index contributed by atoms with van der Waals surface area (Å²) in [5, 5.41) is 2.58. The molecule has 5 rings (SSSR count). The fourth-order valence-electron chi connectivity index (χ4n) is 5.58. The second-order valence-corrected chi connectivity index (χ2v) is 9.12. The van der Waals surface area contributed by atoms with E-state index >= 15 is 0 Å². The van der Waals surface area contributed by atoms with Crippen molar-refractivity contribution in [2.24, 2.45) is 5.73 Å². The van der Waals surface area contributed by atoms with Gasteiger partial charge in [0.05, 0.1) is 5.69 Å². The van der Waals surface area contributed by atoms with Crippen LogP contribution in [-0.4, -0.2) is 4.98 Å². The second kappa shape index (κ2) is 8.28. The molecule has 2 nitrogen and oxygen atoms in total. The Kier molecular flexibility index (Phi) is 5.37. The quantitative estimate of drug-likeness (QED) is 0.522. The number of nitrogens with zero attached hydrogens (tertiary/aromatic N) is 1. The Morgan fingerprint density at radius 2 is 1.48 bits per heavy atom. The van der Waals surface area contributed by atoms with Crippen molar-refractivity contribution in [1.82, 2.24) is 4.98 Å². The van der Waals surface area contributed by atoms with Crippen molar-refractivity contribution in [3.05, 3.63) is 65.4 Å². The maximum absolute atomic E-state index is 6.08. The van der Waals surface area contributed by atoms with Crippen LogP contribution in [0.5, 0.6) is 0 Å². The normalized spacial score (nSPS) is 18.5. The van der Waals surface area contributed by atoms with Crippen molar-refractivity contribution >= 4 is 10.8 Å². The number of benzene rings is 2. The lowest BCUT2D eigenvalue weighted by Gasteiger charge is -2.23. The third-order valence-electron chi connectivity index (χ3n) is 7.22. The first-order chi connectivity index (χ1) is 14.3. The highest BCUT2D eigenvalue weighted by Crippen LogP contribution is 2.38. The Morgan fingerprint density at radius 3 is 2.24 bits per heavy atom. The summed E-state index contributed by atoms with van der Waals surface area (Å²) in [6.45, 7) is 0.587. The van der Waals surface area contributed by atoms with Crippen LogP contribution in [0.4, 0.5) is 0 Å². The maximum Gasteiger partial charge on any atom is 0.0780 e. The summed E-state index contributed by atoms with van der Waals surface area (Å²) >= 11 is 0. The Morgan fingerprint density at radius 1 is 0.759 bits per heavy atom. The van der Waals surface area contributed by atoms with E-state index in [1.54, 1.807) is 0 Å². The molecule has 2 N–H and O–H groups in total. The molecular weight excluding hydrogens is 352 g/mol. The highest BCUT2D eigenvalue weighted by molar-refractivity contribution is 5.95. The molecule has 0 spiro atoms. The predicted octanol–water partition coefficient (Wildman–Crippen LogP) is 7.07. The average molecular weight is 385 g/mol. The number of aromatic nitrogens is 1. The summed E-state index contributed by atoms with van der Waals surface area (Å²) < 4.78 is 0. The molecular formula is C27H32N2. The lowest BCUT2D eigenvalue weighted by Crippen LogP contribution is -2.07. The number of fused-ring (bicyclic) bond motifs is 1. The zero-order valence-corrected chi connectivity index (χ0v) is 17.4. The minimum Gasteiger partial charge on any atom is -0.326 e. The molecule has 0 aliphatic heterocycles. The molecule has 1 aromatic heterocycles. The third-order valence-corrected chi connectivity index (χ3v) is 7.22. The van der Waals surface area contributed by atoms with Crippen molar-refractivity contribution in [2.75, 3.05) is 0 Å². The van der Waals surface area contributed by atoms with E-state index in [9.17, 15) is 0 Å². The van der Waals surface area contributed by atoms with Crippen LogP contribution in [-0.2, 0) is 6.54 Å². The van der Waals surface area contributed by atoms with E-state index in [2.05, 4.69) is 42.5 Å². The summed E-state index contributed by atoms with van der Waals surface area (Å²) in [6, 6.07) is 16.2. The summed E-state index contributed by atoms with van der Waals surface area (Å²) in [4.78, 5) is 4.83. The number of hydrogen-bond acceptors (Lipinski definition) is 2. The molecule has 0 amide bonds. The topological polar surface area (TPSA) is 38.9 Å². The molecule has 0 unspecified atom stereocenters. The second-order valence-electron chi connectivity index (χ2n) is 9.12. The van der Waals surface area contributed by atoms with Crippen LogP contribution >= 0.6 is 0 Å². The van der Waals surface area contributed by atoms with E-state index in [0.717, 1.165) is 11.6 Å². The van der Waals surface area contributed by atoms with Crippen LogP contribution in [0.25, 0.3) is 22.0 Å². The first-order valence-corrected chi connectivity index (χ1v) is 11.5. The fraction of sp³-hybridized carbons (Fsp3) is 0.444. The Balaban J connectivity index is 1.57. The summed E-state index contributed by atoms with van der Waals surface area (Å²) in [5.41, 5.74) is 12.6. The van der Waals surface area contributed by atoms with E-state index in [4.69, 9.17) is 10.7 Å². The minimum atomic E-state index is 0.587. The minimum absolute atomic E-state index is 0.587. The zero-order chi connectivity index (χ0) is 19.6. The molecule has 2 heteroatoms. The van der Waals surface area contributed by atoms with Gasteiger partial charge in [-0.05, 0) is 77.8 Å². The van der Waals surface area contributed by atoms with Crippen LogP contribution in [0.1, 0.15) is 86.3 Å². The largest absolute Gasteiger partial charge is 0.326 e. The predicted molar refractivity (Wildman–Crippen MR) is 122 cm³/mol. The maximum atomic E-state index is 6.08. The van der Waals surface area contributed by atoms with Crippen molar-refractivity contribution in [1.29, 1.82) is 0 Å². The molecule has 1 heterocycles. The van der Waals surface area contributed by atoms with Crippen molar-refractivity contribution in [2.45, 2.75) is 76.2 Å². The van der Waals surface area contributed by atoms with Gasteiger partial charge in [0.2, 0.25) is 0 Å². The molecule has 2 aromatic carbocycles. The molecule has 29 heavy (non-hydrogen) atoms. The van der Waals surface area contributed by atoms with Gasteiger partial charge < -0.3 is 5.73 Å². The summed E-state index contributed by atoms with van der Waals surface area (Å²) in [5.74, 6) is 1.42. The summed E-state index contributed by atoms with van der Waals surface area (Å²) in [6.07, 6.45) is 14.1. The van der Waals surface area contributed by atoms with Gasteiger partial charge in [0.25, 0.3) is 0 Å². The van der Waals surface area contributed by atoms with E-state index in [1.165, 1.54) is 90.8 Å². The average Bonchev–Trinajstić information content (AvgIpc) is 3.33. The number of rotatable bonds is 4. The first kappa shape index (κ1) is 18.8. The Hall–Kier alpha value is -2.19. The molecule has 2 aliphatic rings. The van der Waals surface area contributed by atoms with Crippen LogP contribution in [0, 0.1) is 0 Å². The molecule has 3 aromatic rings. The van der Waals surface area contributed by atoms with Gasteiger partial charge in [0.1, 0.15) is 0 Å². The van der Waals surface area contributed by atoms with Crippen LogP contribution < -0.4 is 5.73 Å². The monoisotopic (exact) mass is 384 g/mol. The Labute approximate surface area is 174 Å². The van der Waals surface area contributed by atoms with Crippen LogP contribution in [0.3, 0.4) is 0 Å². The number of pyridine rings is 1. The lowest BCUT2D eigenvalue weighted by atomic mass is 9.82. The van der Waals surface area contributed by atoms with Gasteiger partial charge in [-0.3, -0.25) is 4.98 Å². The molecule has 0 atom stereocenters. The van der Waals surface area contributed by atoms with Crippen molar-refractivity contribution < 1.29 is 0 Å². The highest BCUT2D eigenvalue weighted by Gasteiger charge is 2.19. The molecule has 150 valence electrons. The first-order valence-electron chi connectivity index (χ1n) is 11.5. The van der Waals surface area contributed by atoms with E-state index < -0.39 is 0 Å². The molecule has 0 saturated heterocycles. The molecule has 2 fully saturated rings. The number of hydrogen-bond donors (Lipinski definition) is 1. The SMILES string of the molecule is NCc1cc(-c2nccc3cc(C4CCCC4)ccc23)cc(C2CCCCC2)c1. The molecule has 0 radical (unpaired) electrons. The zero-order valence-electron chi connectivity index (χ0n) is 17.4. The van der Waals surface area contributed by atoms with Gasteiger partial charge in [0.15, 0.2) is 0 Å². The highest BCUT2D eigenvalue weighted by atomic mass is 14.7. The molecule has 2 aliphatic carbocycles. The van der Waals surface area contributed by atoms with Gasteiger partial charge in [-0.2, -0.15) is 0 Å². The van der Waals surface area contributed by atoms with Gasteiger partial charge in [-0.25, -0.2) is 0 Å². The third kappa shape index (κ3) is 3.83. The van der Waals surface area contributed by atoms with Gasteiger partial charge in [0, 0.05) is 23.7 Å². The van der Waals surface area contributed by atoms with Crippen LogP contribution in [0.2, 0.25) is 0 Å². The van der Waals surface area contributed by atoms with Gasteiger partial charge in [-0.15, -0.1) is 0 Å². The van der Waals surface area contributed by atoms with E-state index in [1.807, 2.05) is 6.20 Å². The number of nitrogens with two attached hydrogens (primary N) is 1. The van der Waals surface area contributed by atoms with E-state index in [0.29, 0.717) is 12.5 Å². The fourth-order valence-corrected chi connectivity index (χ4v) is 5.58. The molecule has 0 bridgehead atoms. The Bertz CT molecular complexity index is 995. The van der Waals surface area contributed by atoms with Crippen LogP contribution in [0.15, 0.2) is 48.7 Å². The molecule has 2 saturated carbocycles. The lowest BCUT2D eigenvalue weighted by molar-refractivity contribution is 0.443. The van der Waals surface area contributed by atoms with Crippen molar-refractivity contribution in [3.8, 4) is 11.3 Å². The van der Waals surface area contributed by atoms with Crippen molar-refractivity contribution in [3.63, 3.8) is 0 Å². The summed E-state index contributed by atoms with van der Waals surface area (Å²) in [7, 11) is 0. The van der Waals surface area contributed by atoms with Gasteiger partial charge >= 0.3 is 0 Å². The van der Waals surface area contributed by atoms with Gasteiger partial charge in [-0.1, -0.05) is 56.4 Å². The van der Waals surface area contributed by atoms with E-state index in [-0.39, 0.29) is 0 Å². The standard InChI is InChI=1S/C27H32N2/c28-18-19-14-24(21-6-2-1-3-7-21)17-25(15-19)27-26-11-10-22(20-8-4-5-9-20)16-23(26)12-13-29-27/h10-17,20-21H,1-9,18,28H2.